The summed E-state index contributed by atoms with van der Waals surface area (Å²) in [5, 5.41) is 31.6. The summed E-state index contributed by atoms with van der Waals surface area (Å²) >= 11 is 1.89. The van der Waals surface area contributed by atoms with Crippen molar-refractivity contribution in [2.24, 2.45) is 0 Å². The molecule has 0 fully saturated rings. The number of benzene rings is 8. The topological polar surface area (TPSA) is 74.6 Å². The summed E-state index contributed by atoms with van der Waals surface area (Å²) in [6.07, 6.45) is 0.140. The van der Waals surface area contributed by atoms with Crippen molar-refractivity contribution >= 4 is 82.5 Å². The first-order chi connectivity index (χ1) is 28.0. The quantitative estimate of drug-likeness (QED) is 0.112. The Morgan fingerprint density at radius 2 is 0.690 bits per heavy atom. The lowest BCUT2D eigenvalue weighted by molar-refractivity contribution is 0.465. The summed E-state index contributed by atoms with van der Waals surface area (Å²) in [5.41, 5.74) is 5.63. The molecule has 8 rings (SSSR count). The van der Waals surface area contributed by atoms with Crippen LogP contribution in [0.25, 0.3) is 32.7 Å². The Balaban J connectivity index is 0.00000252. The molecular formula is C50H44AlClO4P2. The van der Waals surface area contributed by atoms with E-state index in [1.165, 1.54) is 0 Å². The molecule has 8 heteroatoms. The van der Waals surface area contributed by atoms with Crippen molar-refractivity contribution in [3.8, 4) is 22.6 Å². The number of aryl methyl sites for hydroxylation is 4. The first-order valence-corrected chi connectivity index (χ1v) is 24.7. The number of halogens is 1. The first-order valence-electron chi connectivity index (χ1n) is 19.1. The molecule has 0 aromatic heterocycles. The molecule has 0 heterocycles. The molecule has 288 valence electrons. The van der Waals surface area contributed by atoms with Crippen LogP contribution in [0.1, 0.15) is 33.4 Å². The molecule has 4 nitrogen and oxygen atoms in total. The molecule has 0 amide bonds. The van der Waals surface area contributed by atoms with E-state index in [4.69, 9.17) is 0 Å². The van der Waals surface area contributed by atoms with Crippen LogP contribution in [0, 0.1) is 27.7 Å². The Bertz CT molecular complexity index is 2630. The number of hydrogen-bond acceptors (Lipinski definition) is 4. The molecule has 0 saturated carbocycles. The van der Waals surface area contributed by atoms with Crippen molar-refractivity contribution in [3.63, 3.8) is 0 Å². The second kappa shape index (κ2) is 17.2. The third-order valence-electron chi connectivity index (χ3n) is 11.3. The average molecular weight is 833 g/mol. The predicted octanol–water partition coefficient (Wildman–Crippen LogP) is 11.6. The maximum absolute atomic E-state index is 15.8. The SMILES string of the molecule is Cc1ccccc1P(=O)(Cc1cc2ccccc2c(-c2c(O)c(CP(=O)(c3ccccc3C)c3ccccc3C)cc3ccccc23)c1O)c1ccccc1C.[Al][Cl]. The molecule has 0 saturated heterocycles. The summed E-state index contributed by atoms with van der Waals surface area (Å²) in [4.78, 5) is 0. The molecule has 0 aliphatic carbocycles. The molecule has 0 unspecified atom stereocenters. The van der Waals surface area contributed by atoms with E-state index in [0.717, 1.165) is 65.0 Å². The third kappa shape index (κ3) is 7.48. The second-order valence-electron chi connectivity index (χ2n) is 14.9. The number of phenolic OH excluding ortho intramolecular Hbond substituents is 2. The van der Waals surface area contributed by atoms with E-state index in [2.05, 4.69) is 10.0 Å². The first kappa shape index (κ1) is 41.3. The number of rotatable bonds is 9. The van der Waals surface area contributed by atoms with Crippen LogP contribution >= 0.6 is 24.3 Å². The van der Waals surface area contributed by atoms with Crippen molar-refractivity contribution in [2.45, 2.75) is 40.0 Å². The zero-order chi connectivity index (χ0) is 41.2. The van der Waals surface area contributed by atoms with Gasteiger partial charge >= 0.3 is 0 Å². The van der Waals surface area contributed by atoms with Gasteiger partial charge in [-0.15, -0.1) is 0 Å². The summed E-state index contributed by atoms with van der Waals surface area (Å²) in [5.74, 6) is -0.0747. The van der Waals surface area contributed by atoms with Gasteiger partial charge in [0.15, 0.2) is 0 Å². The van der Waals surface area contributed by atoms with Crippen molar-refractivity contribution < 1.29 is 19.3 Å². The lowest BCUT2D eigenvalue weighted by Crippen LogP contribution is -2.22. The van der Waals surface area contributed by atoms with Gasteiger partial charge in [-0.25, -0.2) is 0 Å². The molecule has 0 aliphatic rings. The fraction of sp³-hybridized carbons (Fsp3) is 0.120. The summed E-state index contributed by atoms with van der Waals surface area (Å²) < 4.78 is 31.6. The van der Waals surface area contributed by atoms with Gasteiger partial charge in [-0.1, -0.05) is 146 Å². The zero-order valence-corrected chi connectivity index (χ0v) is 36.7. The van der Waals surface area contributed by atoms with Gasteiger partial charge in [0.25, 0.3) is 15.4 Å². The second-order valence-corrected chi connectivity index (χ2v) is 20.4. The smallest absolute Gasteiger partial charge is 0.293 e. The standard InChI is InChI=1S/C50H44O4P2.Al.ClH/c1-33-17-5-13-25-43(33)55(53,44-26-14-6-18-34(44)2)31-39-29-37-21-9-11-23-41(37)47(49(39)51)48-42-24-12-10-22-38(42)30-40(50(48)52)32-56(54,45-27-15-7-19-35(45)3)46-28-16-8-20-36(46)4;;/h5-30,51-52H,31-32H2,1-4H3;;1H/q;+1;/p-1. The Morgan fingerprint density at radius 3 is 0.983 bits per heavy atom. The van der Waals surface area contributed by atoms with Gasteiger partial charge in [0.05, 0.1) is 0 Å². The highest BCUT2D eigenvalue weighted by atomic mass is 35.6. The lowest BCUT2D eigenvalue weighted by Gasteiger charge is -2.26. The Kier molecular flexibility index (Phi) is 12.2. The molecule has 8 aromatic rings. The van der Waals surface area contributed by atoms with Crippen LogP contribution in [0.3, 0.4) is 0 Å². The fourth-order valence-electron chi connectivity index (χ4n) is 8.49. The number of aromatic hydroxyl groups is 2. The maximum atomic E-state index is 15.8. The van der Waals surface area contributed by atoms with Gasteiger partial charge in [-0.05, 0) is 83.6 Å². The monoisotopic (exact) mass is 832 g/mol. The Hall–Kier alpha value is -4.84. The van der Waals surface area contributed by atoms with Crippen LogP contribution < -0.4 is 21.2 Å². The highest BCUT2D eigenvalue weighted by Crippen LogP contribution is 2.56. The molecule has 2 radical (unpaired) electrons. The van der Waals surface area contributed by atoms with Crippen LogP contribution in [-0.2, 0) is 21.5 Å². The van der Waals surface area contributed by atoms with Gasteiger partial charge < -0.3 is 19.3 Å². The average Bonchev–Trinajstić information content (AvgIpc) is 3.23. The van der Waals surface area contributed by atoms with Gasteiger partial charge in [0.2, 0.25) is 0 Å². The minimum absolute atomic E-state index is 0.0373. The van der Waals surface area contributed by atoms with Gasteiger partial charge in [0.1, 0.15) is 25.8 Å². The van der Waals surface area contributed by atoms with E-state index >= 15 is 9.13 Å². The molecule has 0 aliphatic heterocycles. The molecule has 0 spiro atoms. The van der Waals surface area contributed by atoms with Crippen LogP contribution in [0.4, 0.5) is 0 Å². The maximum Gasteiger partial charge on any atom is 0.293 e. The van der Waals surface area contributed by atoms with Crippen molar-refractivity contribution in [1.82, 2.24) is 0 Å². The van der Waals surface area contributed by atoms with E-state index in [9.17, 15) is 10.2 Å². The molecule has 8 aromatic carbocycles. The van der Waals surface area contributed by atoms with E-state index in [-0.39, 0.29) is 23.8 Å². The number of fused-ring (bicyclic) bond motifs is 2. The predicted molar refractivity (Wildman–Crippen MR) is 248 cm³/mol. The Morgan fingerprint density at radius 1 is 0.431 bits per heavy atom. The molecule has 0 atom stereocenters. The van der Waals surface area contributed by atoms with E-state index in [1.807, 2.05) is 201 Å². The summed E-state index contributed by atoms with van der Waals surface area (Å²) in [7, 11) is -2.19. The number of hydrogen-bond donors (Lipinski definition) is 2. The van der Waals surface area contributed by atoms with Crippen LogP contribution in [-0.4, -0.2) is 25.6 Å². The highest BCUT2D eigenvalue weighted by molar-refractivity contribution is 7.78. The van der Waals surface area contributed by atoms with Crippen LogP contribution in [0.2, 0.25) is 0 Å². The van der Waals surface area contributed by atoms with Gasteiger partial charge in [0, 0.05) is 55.8 Å². The molecule has 0 bridgehead atoms. The molecule has 58 heavy (non-hydrogen) atoms. The third-order valence-corrected chi connectivity index (χ3v) is 17.9. The van der Waals surface area contributed by atoms with Crippen LogP contribution in [0.15, 0.2) is 158 Å². The fourth-order valence-corrected chi connectivity index (χ4v) is 15.0. The summed E-state index contributed by atoms with van der Waals surface area (Å²) in [6, 6.07) is 50.6. The van der Waals surface area contributed by atoms with Gasteiger partial charge in [-0.3, -0.25) is 10.0 Å². The minimum Gasteiger partial charge on any atom is -0.507 e. The van der Waals surface area contributed by atoms with E-state index in [1.54, 1.807) is 0 Å². The minimum atomic E-state index is -3.37. The molecular weight excluding hydrogens is 789 g/mol. The van der Waals surface area contributed by atoms with Crippen LogP contribution in [0.5, 0.6) is 11.5 Å². The largest absolute Gasteiger partial charge is 0.507 e. The van der Waals surface area contributed by atoms with Crippen molar-refractivity contribution in [3.05, 3.63) is 191 Å². The highest BCUT2D eigenvalue weighted by Gasteiger charge is 2.35. The van der Waals surface area contributed by atoms with Crippen molar-refractivity contribution in [2.75, 3.05) is 0 Å². The van der Waals surface area contributed by atoms with E-state index < -0.39 is 14.3 Å². The van der Waals surface area contributed by atoms with Crippen molar-refractivity contribution in [1.29, 1.82) is 0 Å². The Labute approximate surface area is 353 Å². The summed E-state index contributed by atoms with van der Waals surface area (Å²) in [6.45, 7) is 7.92. The lowest BCUT2D eigenvalue weighted by atomic mass is 9.89. The normalized spacial score (nSPS) is 11.7. The van der Waals surface area contributed by atoms with E-state index in [0.29, 0.717) is 22.3 Å². The molecule has 2 N–H and O–H groups in total. The number of phenols is 2. The van der Waals surface area contributed by atoms with Gasteiger partial charge in [-0.2, -0.15) is 0 Å². The zero-order valence-electron chi connectivity index (χ0n) is 33.0.